The molecule has 0 radical (unpaired) electrons. The smallest absolute Gasteiger partial charge is 0.193 e. The Balaban J connectivity index is 0.00000162. The van der Waals surface area contributed by atoms with Gasteiger partial charge in [0, 0.05) is 20.6 Å². The van der Waals surface area contributed by atoms with Crippen molar-refractivity contribution in [1.82, 2.24) is 10.2 Å². The average Bonchev–Trinajstić information content (AvgIpc) is 3.14. The lowest BCUT2D eigenvalue weighted by Crippen LogP contribution is -2.37. The fourth-order valence-electron chi connectivity index (χ4n) is 1.66. The van der Waals surface area contributed by atoms with Crippen LogP contribution in [0.4, 0.5) is 0 Å². The molecule has 1 N–H and O–H groups in total. The summed E-state index contributed by atoms with van der Waals surface area (Å²) in [5.41, 5.74) is 1.25. The van der Waals surface area contributed by atoms with E-state index in [1.165, 1.54) is 18.4 Å². The highest BCUT2D eigenvalue weighted by atomic mass is 127. The minimum absolute atomic E-state index is 0. The van der Waals surface area contributed by atoms with Gasteiger partial charge in [-0.15, -0.1) is 24.0 Å². The van der Waals surface area contributed by atoms with Crippen LogP contribution in [-0.4, -0.2) is 31.5 Å². The second-order valence-electron chi connectivity index (χ2n) is 4.84. The van der Waals surface area contributed by atoms with Crippen LogP contribution in [0.2, 0.25) is 0 Å². The zero-order valence-corrected chi connectivity index (χ0v) is 13.4. The second kappa shape index (κ2) is 7.61. The Kier molecular flexibility index (Phi) is 6.46. The van der Waals surface area contributed by atoms with Gasteiger partial charge >= 0.3 is 0 Å². The van der Waals surface area contributed by atoms with Gasteiger partial charge < -0.3 is 10.2 Å². The lowest BCUT2D eigenvalue weighted by atomic mass is 10.2. The van der Waals surface area contributed by atoms with Gasteiger partial charge in [-0.05, 0) is 24.3 Å². The zero-order chi connectivity index (χ0) is 12.1. The van der Waals surface area contributed by atoms with E-state index in [0.29, 0.717) is 0 Å². The predicted molar refractivity (Wildman–Crippen MR) is 87.4 cm³/mol. The van der Waals surface area contributed by atoms with Gasteiger partial charge in [0.2, 0.25) is 0 Å². The van der Waals surface area contributed by atoms with E-state index in [1.54, 1.807) is 0 Å². The van der Waals surface area contributed by atoms with Crippen molar-refractivity contribution < 1.29 is 0 Å². The highest BCUT2D eigenvalue weighted by Gasteiger charge is 2.21. The van der Waals surface area contributed by atoms with Crippen molar-refractivity contribution in [2.24, 2.45) is 10.9 Å². The minimum Gasteiger partial charge on any atom is -0.356 e. The van der Waals surface area contributed by atoms with Crippen molar-refractivity contribution >= 4 is 29.9 Å². The van der Waals surface area contributed by atoms with Gasteiger partial charge in [0.05, 0.1) is 6.54 Å². The monoisotopic (exact) mass is 359 g/mol. The third kappa shape index (κ3) is 5.25. The third-order valence-corrected chi connectivity index (χ3v) is 2.92. The maximum Gasteiger partial charge on any atom is 0.193 e. The predicted octanol–water partition coefficient (Wildman–Crippen LogP) is 2.72. The van der Waals surface area contributed by atoms with Gasteiger partial charge in [0.25, 0.3) is 0 Å². The van der Waals surface area contributed by atoms with E-state index in [9.17, 15) is 0 Å². The Hall–Kier alpha value is -0.780. The van der Waals surface area contributed by atoms with E-state index < -0.39 is 0 Å². The topological polar surface area (TPSA) is 27.6 Å². The number of rotatable bonds is 4. The van der Waals surface area contributed by atoms with Crippen molar-refractivity contribution in [3.05, 3.63) is 35.9 Å². The summed E-state index contributed by atoms with van der Waals surface area (Å²) in [6, 6.07) is 10.4. The summed E-state index contributed by atoms with van der Waals surface area (Å²) in [4.78, 5) is 6.67. The maximum absolute atomic E-state index is 4.62. The Morgan fingerprint density at radius 3 is 2.50 bits per heavy atom. The first-order valence-electron chi connectivity index (χ1n) is 6.25. The summed E-state index contributed by atoms with van der Waals surface area (Å²) in [7, 11) is 4.06. The van der Waals surface area contributed by atoms with Crippen molar-refractivity contribution in [2.75, 3.05) is 20.6 Å². The molecular weight excluding hydrogens is 337 g/mol. The fraction of sp³-hybridized carbons (Fsp3) is 0.500. The first kappa shape index (κ1) is 15.3. The Morgan fingerprint density at radius 1 is 1.28 bits per heavy atom. The summed E-state index contributed by atoms with van der Waals surface area (Å²) in [5.74, 6) is 1.86. The van der Waals surface area contributed by atoms with Gasteiger partial charge in [-0.25, -0.2) is 4.99 Å². The number of hydrogen-bond donors (Lipinski definition) is 1. The fourth-order valence-corrected chi connectivity index (χ4v) is 1.66. The van der Waals surface area contributed by atoms with Crippen LogP contribution >= 0.6 is 24.0 Å². The second-order valence-corrected chi connectivity index (χ2v) is 4.84. The number of halogens is 1. The van der Waals surface area contributed by atoms with Crippen molar-refractivity contribution in [1.29, 1.82) is 0 Å². The molecule has 0 aromatic heterocycles. The quantitative estimate of drug-likeness (QED) is 0.509. The summed E-state index contributed by atoms with van der Waals surface area (Å²) < 4.78 is 0. The van der Waals surface area contributed by atoms with Crippen LogP contribution in [0.15, 0.2) is 35.3 Å². The third-order valence-electron chi connectivity index (χ3n) is 2.92. The molecule has 0 unspecified atom stereocenters. The number of nitrogens with one attached hydrogen (secondary N) is 1. The van der Waals surface area contributed by atoms with Gasteiger partial charge in [-0.3, -0.25) is 0 Å². The number of aliphatic imine (C=N–C) groups is 1. The first-order chi connectivity index (χ1) is 8.25. The van der Waals surface area contributed by atoms with Crippen molar-refractivity contribution in [3.8, 4) is 0 Å². The molecule has 1 aliphatic carbocycles. The van der Waals surface area contributed by atoms with E-state index in [4.69, 9.17) is 0 Å². The molecule has 4 heteroatoms. The largest absolute Gasteiger partial charge is 0.356 e. The minimum atomic E-state index is 0. The molecular formula is C14H22IN3. The van der Waals surface area contributed by atoms with Crippen molar-refractivity contribution in [3.63, 3.8) is 0 Å². The molecule has 0 spiro atoms. The lowest BCUT2D eigenvalue weighted by Gasteiger charge is -2.17. The molecule has 1 saturated carbocycles. The highest BCUT2D eigenvalue weighted by Crippen LogP contribution is 2.27. The maximum atomic E-state index is 4.62. The molecule has 1 aromatic carbocycles. The lowest BCUT2D eigenvalue weighted by molar-refractivity contribution is 0.572. The van der Waals surface area contributed by atoms with E-state index in [1.807, 2.05) is 25.1 Å². The van der Waals surface area contributed by atoms with Gasteiger partial charge in [0.1, 0.15) is 0 Å². The molecule has 1 fully saturated rings. The number of nitrogens with zero attached hydrogens (tertiary/aromatic N) is 2. The molecule has 2 rings (SSSR count). The molecule has 0 amide bonds. The average molecular weight is 359 g/mol. The molecule has 100 valence electrons. The highest BCUT2D eigenvalue weighted by molar-refractivity contribution is 14.0. The molecule has 0 saturated heterocycles. The molecule has 0 atom stereocenters. The standard InChI is InChI=1S/C14H21N3.HI/c1-17(2)14(16-11-13-8-9-13)15-10-12-6-4-3-5-7-12;/h3-7,13H,8-11H2,1-2H3,(H,15,16);1H. The van der Waals surface area contributed by atoms with Crippen LogP contribution in [0, 0.1) is 5.92 Å². The number of hydrogen-bond acceptors (Lipinski definition) is 1. The van der Waals surface area contributed by atoms with E-state index in [0.717, 1.165) is 25.0 Å². The first-order valence-corrected chi connectivity index (χ1v) is 6.25. The van der Waals surface area contributed by atoms with E-state index in [2.05, 4.69) is 34.6 Å². The number of guanidine groups is 1. The Morgan fingerprint density at radius 2 is 1.94 bits per heavy atom. The van der Waals surface area contributed by atoms with Gasteiger partial charge in [-0.2, -0.15) is 0 Å². The van der Waals surface area contributed by atoms with Crippen LogP contribution in [0.1, 0.15) is 18.4 Å². The summed E-state index contributed by atoms with van der Waals surface area (Å²) in [5, 5.41) is 3.43. The van der Waals surface area contributed by atoms with Gasteiger partial charge in [0.15, 0.2) is 5.96 Å². The molecule has 18 heavy (non-hydrogen) atoms. The summed E-state index contributed by atoms with van der Waals surface area (Å²) in [6.45, 7) is 1.80. The molecule has 1 aromatic rings. The van der Waals surface area contributed by atoms with Crippen LogP contribution in [0.25, 0.3) is 0 Å². The van der Waals surface area contributed by atoms with Crippen LogP contribution in [0.3, 0.4) is 0 Å². The molecule has 1 aliphatic rings. The van der Waals surface area contributed by atoms with Gasteiger partial charge in [-0.1, -0.05) is 30.3 Å². The Bertz CT molecular complexity index is 372. The van der Waals surface area contributed by atoms with Crippen LogP contribution in [-0.2, 0) is 6.54 Å². The van der Waals surface area contributed by atoms with Crippen LogP contribution in [0.5, 0.6) is 0 Å². The van der Waals surface area contributed by atoms with E-state index >= 15 is 0 Å². The Labute approximate surface area is 127 Å². The number of benzene rings is 1. The van der Waals surface area contributed by atoms with Crippen molar-refractivity contribution in [2.45, 2.75) is 19.4 Å². The molecule has 3 nitrogen and oxygen atoms in total. The molecule has 0 bridgehead atoms. The summed E-state index contributed by atoms with van der Waals surface area (Å²) >= 11 is 0. The van der Waals surface area contributed by atoms with E-state index in [-0.39, 0.29) is 24.0 Å². The summed E-state index contributed by atoms with van der Waals surface area (Å²) in [6.07, 6.45) is 2.73. The SMILES string of the molecule is CN(C)C(=NCc1ccccc1)NCC1CC1.I. The molecule has 0 heterocycles. The normalized spacial score (nSPS) is 14.9. The zero-order valence-electron chi connectivity index (χ0n) is 11.1. The molecule has 0 aliphatic heterocycles. The van der Waals surface area contributed by atoms with Crippen LogP contribution < -0.4 is 5.32 Å².